The Morgan fingerprint density at radius 1 is 0.833 bits per heavy atom. The minimum absolute atomic E-state index is 0.671. The van der Waals surface area contributed by atoms with Crippen molar-refractivity contribution in [2.45, 2.75) is 46.6 Å². The van der Waals surface area contributed by atoms with Gasteiger partial charge in [0.1, 0.15) is 0 Å². The molecule has 0 aliphatic carbocycles. The minimum atomic E-state index is 0.671. The summed E-state index contributed by atoms with van der Waals surface area (Å²) in [6, 6.07) is 0.671. The van der Waals surface area contributed by atoms with Crippen LogP contribution in [0, 0.1) is 5.92 Å². The van der Waals surface area contributed by atoms with Gasteiger partial charge in [-0.3, -0.25) is 9.80 Å². The number of nitrogens with zero attached hydrogens (tertiary/aromatic N) is 4. The molecule has 0 radical (unpaired) electrons. The quantitative estimate of drug-likeness (QED) is 0.675. The molecule has 0 atom stereocenters. The summed E-state index contributed by atoms with van der Waals surface area (Å²) < 4.78 is 0. The van der Waals surface area contributed by atoms with E-state index in [2.05, 4.69) is 53.9 Å². The van der Waals surface area contributed by atoms with Crippen LogP contribution in [0.4, 0.5) is 0 Å². The molecule has 2 heterocycles. The van der Waals surface area contributed by atoms with Crippen molar-refractivity contribution in [3.05, 3.63) is 12.3 Å². The molecule has 0 aromatic rings. The summed E-state index contributed by atoms with van der Waals surface area (Å²) in [5, 5.41) is 0. The summed E-state index contributed by atoms with van der Waals surface area (Å²) in [7, 11) is 0. The molecule has 24 heavy (non-hydrogen) atoms. The predicted octanol–water partition coefficient (Wildman–Crippen LogP) is 2.58. The molecule has 0 amide bonds. The Labute approximate surface area is 150 Å². The monoisotopic (exact) mass is 336 g/mol. The summed E-state index contributed by atoms with van der Waals surface area (Å²) >= 11 is 0. The maximum atomic E-state index is 4.38. The second-order valence-corrected chi connectivity index (χ2v) is 8.34. The van der Waals surface area contributed by atoms with Crippen LogP contribution in [-0.4, -0.2) is 91.1 Å². The van der Waals surface area contributed by atoms with Gasteiger partial charge in [-0.15, -0.1) is 0 Å². The highest BCUT2D eigenvalue weighted by atomic mass is 15.3. The third-order valence-electron chi connectivity index (χ3n) is 5.62. The van der Waals surface area contributed by atoms with E-state index in [-0.39, 0.29) is 0 Å². The van der Waals surface area contributed by atoms with Crippen molar-refractivity contribution in [2.24, 2.45) is 5.92 Å². The fourth-order valence-corrected chi connectivity index (χ4v) is 3.81. The van der Waals surface area contributed by atoms with Gasteiger partial charge in [0, 0.05) is 70.6 Å². The van der Waals surface area contributed by atoms with Crippen molar-refractivity contribution in [1.29, 1.82) is 0 Å². The van der Waals surface area contributed by atoms with E-state index in [9.17, 15) is 0 Å². The Bertz CT molecular complexity index is 364. The lowest BCUT2D eigenvalue weighted by Gasteiger charge is -2.41. The molecule has 0 saturated carbocycles. The van der Waals surface area contributed by atoms with Gasteiger partial charge in [-0.25, -0.2) is 0 Å². The zero-order chi connectivity index (χ0) is 17.5. The zero-order valence-corrected chi connectivity index (χ0v) is 16.6. The van der Waals surface area contributed by atoms with Crippen LogP contribution in [0.25, 0.3) is 0 Å². The highest BCUT2D eigenvalue weighted by Crippen LogP contribution is 2.13. The number of hydrogen-bond donors (Lipinski definition) is 0. The zero-order valence-electron chi connectivity index (χ0n) is 16.6. The standard InChI is InChI=1S/C20H40N4/c1-18(2)7-6-8-21-9-11-22(12-10-21)17-20(5)24-15-13-23(14-16-24)19(3)4/h18-19H,5-17H2,1-4H3. The molecule has 140 valence electrons. The first-order chi connectivity index (χ1) is 11.5. The van der Waals surface area contributed by atoms with E-state index in [0.717, 1.165) is 25.6 Å². The van der Waals surface area contributed by atoms with Gasteiger partial charge in [0.2, 0.25) is 0 Å². The predicted molar refractivity (Wildman–Crippen MR) is 104 cm³/mol. The Kier molecular flexibility index (Phi) is 8.05. The van der Waals surface area contributed by atoms with E-state index in [1.165, 1.54) is 64.4 Å². The minimum Gasteiger partial charge on any atom is -0.372 e. The lowest BCUT2D eigenvalue weighted by molar-refractivity contribution is 0.106. The van der Waals surface area contributed by atoms with Crippen LogP contribution in [0.1, 0.15) is 40.5 Å². The highest BCUT2D eigenvalue weighted by Gasteiger charge is 2.22. The van der Waals surface area contributed by atoms with E-state index in [1.54, 1.807) is 0 Å². The van der Waals surface area contributed by atoms with Gasteiger partial charge in [0.15, 0.2) is 0 Å². The van der Waals surface area contributed by atoms with E-state index in [0.29, 0.717) is 6.04 Å². The average Bonchev–Trinajstić information content (AvgIpc) is 2.56. The van der Waals surface area contributed by atoms with Gasteiger partial charge < -0.3 is 9.80 Å². The van der Waals surface area contributed by atoms with Crippen LogP contribution in [-0.2, 0) is 0 Å². The number of piperazine rings is 2. The van der Waals surface area contributed by atoms with E-state index in [4.69, 9.17) is 0 Å². The van der Waals surface area contributed by atoms with Crippen molar-refractivity contribution < 1.29 is 0 Å². The van der Waals surface area contributed by atoms with Crippen LogP contribution in [0.15, 0.2) is 12.3 Å². The first kappa shape index (κ1) is 19.7. The lowest BCUT2D eigenvalue weighted by Crippen LogP contribution is -2.51. The molecular weight excluding hydrogens is 296 g/mol. The van der Waals surface area contributed by atoms with Crippen LogP contribution in [0.3, 0.4) is 0 Å². The largest absolute Gasteiger partial charge is 0.372 e. The summed E-state index contributed by atoms with van der Waals surface area (Å²) in [4.78, 5) is 10.3. The second kappa shape index (κ2) is 9.79. The van der Waals surface area contributed by atoms with Gasteiger partial charge >= 0.3 is 0 Å². The maximum Gasteiger partial charge on any atom is 0.0378 e. The molecular formula is C20H40N4. The summed E-state index contributed by atoms with van der Waals surface area (Å²) in [6.07, 6.45) is 2.71. The molecule has 2 aliphatic heterocycles. The van der Waals surface area contributed by atoms with Crippen LogP contribution < -0.4 is 0 Å². The molecule has 0 N–H and O–H groups in total. The normalized spacial score (nSPS) is 21.8. The van der Waals surface area contributed by atoms with Gasteiger partial charge in [-0.2, -0.15) is 0 Å². The first-order valence-corrected chi connectivity index (χ1v) is 10.1. The lowest BCUT2D eigenvalue weighted by atomic mass is 10.1. The van der Waals surface area contributed by atoms with Crippen LogP contribution in [0.2, 0.25) is 0 Å². The Morgan fingerprint density at radius 3 is 1.96 bits per heavy atom. The van der Waals surface area contributed by atoms with Gasteiger partial charge in [-0.05, 0) is 39.2 Å². The third-order valence-corrected chi connectivity index (χ3v) is 5.62. The number of hydrogen-bond acceptors (Lipinski definition) is 4. The molecule has 0 aromatic carbocycles. The Hall–Kier alpha value is -0.580. The fourth-order valence-electron chi connectivity index (χ4n) is 3.81. The van der Waals surface area contributed by atoms with Crippen molar-refractivity contribution in [2.75, 3.05) is 65.4 Å². The Morgan fingerprint density at radius 2 is 1.42 bits per heavy atom. The summed E-state index contributed by atoms with van der Waals surface area (Å²) in [5.41, 5.74) is 1.33. The van der Waals surface area contributed by atoms with Crippen molar-refractivity contribution >= 4 is 0 Å². The highest BCUT2D eigenvalue weighted by molar-refractivity contribution is 5.00. The van der Waals surface area contributed by atoms with Crippen LogP contribution in [0.5, 0.6) is 0 Å². The topological polar surface area (TPSA) is 13.0 Å². The van der Waals surface area contributed by atoms with Crippen molar-refractivity contribution in [3.8, 4) is 0 Å². The second-order valence-electron chi connectivity index (χ2n) is 8.34. The Balaban J connectivity index is 1.62. The first-order valence-electron chi connectivity index (χ1n) is 10.1. The summed E-state index contributed by atoms with van der Waals surface area (Å²) in [6.45, 7) is 25.5. The van der Waals surface area contributed by atoms with Crippen molar-refractivity contribution in [3.63, 3.8) is 0 Å². The van der Waals surface area contributed by atoms with Gasteiger partial charge in [-0.1, -0.05) is 20.4 Å². The van der Waals surface area contributed by atoms with E-state index >= 15 is 0 Å². The van der Waals surface area contributed by atoms with E-state index in [1.807, 2.05) is 0 Å². The van der Waals surface area contributed by atoms with Gasteiger partial charge in [0.25, 0.3) is 0 Å². The fraction of sp³-hybridized carbons (Fsp3) is 0.900. The van der Waals surface area contributed by atoms with E-state index < -0.39 is 0 Å². The molecule has 2 aliphatic rings. The molecule has 2 fully saturated rings. The SMILES string of the molecule is C=C(CN1CCN(CCCC(C)C)CC1)N1CCN(C(C)C)CC1. The third kappa shape index (κ3) is 6.38. The summed E-state index contributed by atoms with van der Waals surface area (Å²) in [5.74, 6) is 0.839. The average molecular weight is 337 g/mol. The molecule has 0 aromatic heterocycles. The molecule has 0 spiro atoms. The number of rotatable bonds is 8. The molecule has 4 nitrogen and oxygen atoms in total. The molecule has 0 bridgehead atoms. The molecule has 2 rings (SSSR count). The van der Waals surface area contributed by atoms with Crippen molar-refractivity contribution in [1.82, 2.24) is 19.6 Å². The smallest absolute Gasteiger partial charge is 0.0378 e. The molecule has 0 unspecified atom stereocenters. The molecule has 2 saturated heterocycles. The van der Waals surface area contributed by atoms with Crippen LogP contribution >= 0.6 is 0 Å². The molecule has 4 heteroatoms. The maximum absolute atomic E-state index is 4.38. The van der Waals surface area contributed by atoms with Gasteiger partial charge in [0.05, 0.1) is 0 Å².